The lowest BCUT2D eigenvalue weighted by molar-refractivity contribution is 0.0815. The Bertz CT molecular complexity index is 346. The van der Waals surface area contributed by atoms with Crippen LogP contribution in [0.1, 0.15) is 25.7 Å². The molecule has 3 nitrogen and oxygen atoms in total. The molecule has 1 aromatic carbocycles. The van der Waals surface area contributed by atoms with Crippen molar-refractivity contribution in [3.05, 3.63) is 24.3 Å². The first-order chi connectivity index (χ1) is 7.79. The SMILES string of the molecule is COc1ccccc1OC1(CN)CCCC1. The van der Waals surface area contributed by atoms with Crippen molar-refractivity contribution in [2.45, 2.75) is 31.3 Å². The third-order valence-electron chi connectivity index (χ3n) is 3.28. The summed E-state index contributed by atoms with van der Waals surface area (Å²) in [6.45, 7) is 0.574. The van der Waals surface area contributed by atoms with Gasteiger partial charge in [-0.2, -0.15) is 0 Å². The largest absolute Gasteiger partial charge is 0.493 e. The van der Waals surface area contributed by atoms with Crippen LogP contribution in [-0.2, 0) is 0 Å². The van der Waals surface area contributed by atoms with E-state index in [1.54, 1.807) is 7.11 Å². The Labute approximate surface area is 96.5 Å². The third kappa shape index (κ3) is 2.14. The van der Waals surface area contributed by atoms with Crippen molar-refractivity contribution in [3.8, 4) is 11.5 Å². The van der Waals surface area contributed by atoms with Crippen molar-refractivity contribution in [3.63, 3.8) is 0 Å². The summed E-state index contributed by atoms with van der Waals surface area (Å²) < 4.78 is 11.4. The zero-order chi connectivity index (χ0) is 11.4. The Morgan fingerprint density at radius 3 is 2.38 bits per heavy atom. The first kappa shape index (κ1) is 11.3. The van der Waals surface area contributed by atoms with Crippen LogP contribution in [0.15, 0.2) is 24.3 Å². The summed E-state index contributed by atoms with van der Waals surface area (Å²) in [5.74, 6) is 1.58. The van der Waals surface area contributed by atoms with Gasteiger partial charge in [0.05, 0.1) is 7.11 Å². The predicted octanol–water partition coefficient (Wildman–Crippen LogP) is 2.35. The van der Waals surface area contributed by atoms with E-state index in [-0.39, 0.29) is 5.60 Å². The van der Waals surface area contributed by atoms with Gasteiger partial charge in [-0.05, 0) is 37.8 Å². The average molecular weight is 221 g/mol. The van der Waals surface area contributed by atoms with E-state index in [4.69, 9.17) is 15.2 Å². The van der Waals surface area contributed by atoms with Crippen LogP contribution < -0.4 is 15.2 Å². The van der Waals surface area contributed by atoms with E-state index in [1.165, 1.54) is 12.8 Å². The number of nitrogens with two attached hydrogens (primary N) is 1. The smallest absolute Gasteiger partial charge is 0.162 e. The molecular formula is C13H19NO2. The van der Waals surface area contributed by atoms with Gasteiger partial charge < -0.3 is 15.2 Å². The molecule has 1 aromatic rings. The fraction of sp³-hybridized carbons (Fsp3) is 0.538. The molecule has 0 radical (unpaired) electrons. The van der Waals surface area contributed by atoms with Crippen molar-refractivity contribution in [2.75, 3.05) is 13.7 Å². The maximum absolute atomic E-state index is 6.08. The monoisotopic (exact) mass is 221 g/mol. The molecule has 88 valence electrons. The molecule has 0 saturated heterocycles. The standard InChI is InChI=1S/C13H19NO2/c1-15-11-6-2-3-7-12(11)16-13(10-14)8-4-5-9-13/h2-3,6-7H,4-5,8-10,14H2,1H3. The molecule has 1 saturated carbocycles. The second kappa shape index (κ2) is 4.74. The van der Waals surface area contributed by atoms with Crippen LogP contribution in [0.2, 0.25) is 0 Å². The number of ether oxygens (including phenoxy) is 2. The van der Waals surface area contributed by atoms with E-state index < -0.39 is 0 Å². The highest BCUT2D eigenvalue weighted by molar-refractivity contribution is 5.39. The van der Waals surface area contributed by atoms with Crippen LogP contribution in [0.5, 0.6) is 11.5 Å². The van der Waals surface area contributed by atoms with Crippen molar-refractivity contribution < 1.29 is 9.47 Å². The van der Waals surface area contributed by atoms with Gasteiger partial charge in [0.25, 0.3) is 0 Å². The Kier molecular flexibility index (Phi) is 3.34. The highest BCUT2D eigenvalue weighted by atomic mass is 16.5. The molecule has 16 heavy (non-hydrogen) atoms. The van der Waals surface area contributed by atoms with Crippen LogP contribution in [0, 0.1) is 0 Å². The third-order valence-corrected chi connectivity index (χ3v) is 3.28. The fourth-order valence-electron chi connectivity index (χ4n) is 2.30. The molecule has 1 aliphatic carbocycles. The minimum Gasteiger partial charge on any atom is -0.493 e. The van der Waals surface area contributed by atoms with Gasteiger partial charge in [0.2, 0.25) is 0 Å². The highest BCUT2D eigenvalue weighted by Crippen LogP contribution is 2.37. The Morgan fingerprint density at radius 1 is 1.19 bits per heavy atom. The first-order valence-corrected chi connectivity index (χ1v) is 5.82. The van der Waals surface area contributed by atoms with Crippen LogP contribution in [0.25, 0.3) is 0 Å². The molecule has 0 aliphatic heterocycles. The fourth-order valence-corrected chi connectivity index (χ4v) is 2.30. The lowest BCUT2D eigenvalue weighted by Gasteiger charge is -2.29. The van der Waals surface area contributed by atoms with Crippen LogP contribution in [-0.4, -0.2) is 19.3 Å². The maximum atomic E-state index is 6.08. The number of methoxy groups -OCH3 is 1. The number of hydrogen-bond donors (Lipinski definition) is 1. The molecule has 0 bridgehead atoms. The van der Waals surface area contributed by atoms with E-state index in [2.05, 4.69) is 0 Å². The molecule has 0 unspecified atom stereocenters. The van der Waals surface area contributed by atoms with Gasteiger partial charge in [-0.1, -0.05) is 12.1 Å². The topological polar surface area (TPSA) is 44.5 Å². The van der Waals surface area contributed by atoms with Gasteiger partial charge >= 0.3 is 0 Å². The zero-order valence-corrected chi connectivity index (χ0v) is 9.74. The van der Waals surface area contributed by atoms with Gasteiger partial charge in [-0.25, -0.2) is 0 Å². The van der Waals surface area contributed by atoms with E-state index >= 15 is 0 Å². The van der Waals surface area contributed by atoms with Gasteiger partial charge in [-0.15, -0.1) is 0 Å². The minimum atomic E-state index is -0.172. The average Bonchev–Trinajstić information content (AvgIpc) is 2.79. The summed E-state index contributed by atoms with van der Waals surface area (Å²) >= 11 is 0. The number of hydrogen-bond acceptors (Lipinski definition) is 3. The molecule has 0 amide bonds. The van der Waals surface area contributed by atoms with Crippen molar-refractivity contribution >= 4 is 0 Å². The summed E-state index contributed by atoms with van der Waals surface area (Å²) in [4.78, 5) is 0. The predicted molar refractivity (Wildman–Crippen MR) is 63.9 cm³/mol. The number of rotatable bonds is 4. The lowest BCUT2D eigenvalue weighted by Crippen LogP contribution is -2.40. The summed E-state index contributed by atoms with van der Waals surface area (Å²) in [6, 6.07) is 7.75. The normalized spacial score (nSPS) is 18.4. The van der Waals surface area contributed by atoms with Crippen LogP contribution >= 0.6 is 0 Å². The molecule has 2 N–H and O–H groups in total. The molecule has 0 atom stereocenters. The molecule has 0 aromatic heterocycles. The second-order valence-corrected chi connectivity index (χ2v) is 4.35. The minimum absolute atomic E-state index is 0.172. The Balaban J connectivity index is 2.18. The van der Waals surface area contributed by atoms with Gasteiger partial charge in [0, 0.05) is 6.54 Å². The zero-order valence-electron chi connectivity index (χ0n) is 9.74. The molecule has 1 aliphatic rings. The molecule has 2 rings (SSSR count). The lowest BCUT2D eigenvalue weighted by atomic mass is 10.0. The molecule has 1 fully saturated rings. The molecule has 0 spiro atoms. The summed E-state index contributed by atoms with van der Waals surface area (Å²) in [6.07, 6.45) is 4.49. The molecule has 0 heterocycles. The summed E-state index contributed by atoms with van der Waals surface area (Å²) in [5.41, 5.74) is 5.67. The second-order valence-electron chi connectivity index (χ2n) is 4.35. The van der Waals surface area contributed by atoms with Gasteiger partial charge in [-0.3, -0.25) is 0 Å². The molecular weight excluding hydrogens is 202 g/mol. The van der Waals surface area contributed by atoms with E-state index in [0.29, 0.717) is 6.54 Å². The summed E-state index contributed by atoms with van der Waals surface area (Å²) in [5, 5.41) is 0. The Morgan fingerprint density at radius 2 is 1.81 bits per heavy atom. The van der Waals surface area contributed by atoms with E-state index in [0.717, 1.165) is 24.3 Å². The quantitative estimate of drug-likeness (QED) is 0.848. The maximum Gasteiger partial charge on any atom is 0.162 e. The Hall–Kier alpha value is -1.22. The number of para-hydroxylation sites is 2. The molecule has 3 heteroatoms. The van der Waals surface area contributed by atoms with Gasteiger partial charge in [0.1, 0.15) is 5.60 Å². The van der Waals surface area contributed by atoms with E-state index in [1.807, 2.05) is 24.3 Å². The number of benzene rings is 1. The summed E-state index contributed by atoms with van der Waals surface area (Å²) in [7, 11) is 1.66. The first-order valence-electron chi connectivity index (χ1n) is 5.82. The highest BCUT2D eigenvalue weighted by Gasteiger charge is 2.35. The van der Waals surface area contributed by atoms with Crippen molar-refractivity contribution in [1.82, 2.24) is 0 Å². The van der Waals surface area contributed by atoms with Crippen LogP contribution in [0.4, 0.5) is 0 Å². The van der Waals surface area contributed by atoms with Crippen molar-refractivity contribution in [2.24, 2.45) is 5.73 Å². The van der Waals surface area contributed by atoms with Crippen LogP contribution in [0.3, 0.4) is 0 Å². The van der Waals surface area contributed by atoms with E-state index in [9.17, 15) is 0 Å². The van der Waals surface area contributed by atoms with Gasteiger partial charge in [0.15, 0.2) is 11.5 Å². The van der Waals surface area contributed by atoms with Crippen molar-refractivity contribution in [1.29, 1.82) is 0 Å².